The average molecular weight is 464 g/mol. The Kier molecular flexibility index (Phi) is 6.15. The summed E-state index contributed by atoms with van der Waals surface area (Å²) in [7, 11) is 1.89. The van der Waals surface area contributed by atoms with Crippen LogP contribution in [0.3, 0.4) is 0 Å². The first-order chi connectivity index (χ1) is 15.5. The van der Waals surface area contributed by atoms with Gasteiger partial charge in [-0.25, -0.2) is 19.9 Å². The van der Waals surface area contributed by atoms with Crippen molar-refractivity contribution < 1.29 is 22.7 Å². The van der Waals surface area contributed by atoms with Gasteiger partial charge in [-0.1, -0.05) is 13.8 Å². The number of carbonyl (C=O) groups excluding carboxylic acids is 1. The maximum atomic E-state index is 12.5. The van der Waals surface area contributed by atoms with Gasteiger partial charge in [-0.15, -0.1) is 0 Å². The number of fused-ring (bicyclic) bond motifs is 1. The van der Waals surface area contributed by atoms with Gasteiger partial charge >= 0.3 is 6.18 Å². The molecule has 8 nitrogen and oxygen atoms in total. The number of hydrogen-bond acceptors (Lipinski definition) is 7. The lowest BCUT2D eigenvalue weighted by Crippen LogP contribution is -2.49. The summed E-state index contributed by atoms with van der Waals surface area (Å²) in [5.74, 6) is 1.36. The third-order valence-corrected chi connectivity index (χ3v) is 6.19. The summed E-state index contributed by atoms with van der Waals surface area (Å²) in [4.78, 5) is 30.4. The Morgan fingerprint density at radius 2 is 1.85 bits per heavy atom. The molecule has 33 heavy (non-hydrogen) atoms. The second-order valence-corrected chi connectivity index (χ2v) is 9.17. The number of ether oxygens (including phenoxy) is 1. The molecule has 4 rings (SSSR count). The number of anilines is 2. The van der Waals surface area contributed by atoms with E-state index in [0.717, 1.165) is 49.0 Å². The van der Waals surface area contributed by atoms with Crippen LogP contribution in [0, 0.1) is 24.7 Å². The second-order valence-electron chi connectivity index (χ2n) is 9.17. The number of aromatic nitrogens is 4. The standard InChI is InChI=1S/C22H27F3N6O2/c1-11(2)18-20(32)30-17-12(3)28-16(29-19(17)31(18)4)7-13-5-14(6-13)10-33-15-8-26-21(27-9-15)22(23,24)25/h8-9,11,13-14,18H,5-7,10H2,1-4H3,(H,30,32)/t13?,14?,18-/m0/s1. The lowest BCUT2D eigenvalue weighted by Gasteiger charge is -2.38. The number of nitrogens with zero attached hydrogens (tertiary/aromatic N) is 5. The van der Waals surface area contributed by atoms with Crippen molar-refractivity contribution in [2.45, 2.75) is 52.3 Å². The van der Waals surface area contributed by atoms with Crippen molar-refractivity contribution in [1.29, 1.82) is 0 Å². The van der Waals surface area contributed by atoms with E-state index in [2.05, 4.69) is 20.3 Å². The van der Waals surface area contributed by atoms with Crippen molar-refractivity contribution in [3.05, 3.63) is 29.7 Å². The zero-order valence-electron chi connectivity index (χ0n) is 19.0. The molecule has 1 saturated carbocycles. The van der Waals surface area contributed by atoms with Crippen LogP contribution in [0.5, 0.6) is 5.75 Å². The molecule has 1 amide bonds. The number of rotatable bonds is 6. The SMILES string of the molecule is Cc1nc(CC2CC(COc3cnc(C(F)(F)F)nc3)C2)nc2c1NC(=O)[C@H](C(C)C)N2C. The third-order valence-electron chi connectivity index (χ3n) is 6.19. The minimum Gasteiger partial charge on any atom is -0.490 e. The summed E-state index contributed by atoms with van der Waals surface area (Å²) in [6.07, 6.45) is 0.101. The van der Waals surface area contributed by atoms with E-state index >= 15 is 0 Å². The van der Waals surface area contributed by atoms with E-state index in [1.807, 2.05) is 32.7 Å². The van der Waals surface area contributed by atoms with Crippen LogP contribution in [0.1, 0.15) is 44.0 Å². The number of hydrogen-bond donors (Lipinski definition) is 1. The van der Waals surface area contributed by atoms with Crippen LogP contribution < -0.4 is 15.0 Å². The summed E-state index contributed by atoms with van der Waals surface area (Å²) in [5.41, 5.74) is 1.42. The van der Waals surface area contributed by atoms with Crippen LogP contribution in [0.4, 0.5) is 24.7 Å². The molecule has 1 N–H and O–H groups in total. The topological polar surface area (TPSA) is 93.1 Å². The normalized spacial score (nSPS) is 22.6. The highest BCUT2D eigenvalue weighted by atomic mass is 19.4. The lowest BCUT2D eigenvalue weighted by molar-refractivity contribution is -0.145. The Morgan fingerprint density at radius 3 is 2.45 bits per heavy atom. The second kappa shape index (κ2) is 8.75. The van der Waals surface area contributed by atoms with Crippen LogP contribution in [-0.4, -0.2) is 45.5 Å². The van der Waals surface area contributed by atoms with Gasteiger partial charge in [0.2, 0.25) is 11.7 Å². The molecule has 0 spiro atoms. The van der Waals surface area contributed by atoms with Crippen LogP contribution in [0.2, 0.25) is 0 Å². The molecular formula is C22H27F3N6O2. The van der Waals surface area contributed by atoms with E-state index in [4.69, 9.17) is 9.72 Å². The van der Waals surface area contributed by atoms with Crippen LogP contribution in [0.25, 0.3) is 0 Å². The van der Waals surface area contributed by atoms with E-state index in [9.17, 15) is 18.0 Å². The fraction of sp³-hybridized carbons (Fsp3) is 0.591. The highest BCUT2D eigenvalue weighted by Gasteiger charge is 2.37. The minimum atomic E-state index is -4.56. The molecule has 1 atom stereocenters. The zero-order chi connectivity index (χ0) is 23.9. The third kappa shape index (κ3) is 4.86. The van der Waals surface area contributed by atoms with Gasteiger partial charge in [0.05, 0.1) is 24.7 Å². The van der Waals surface area contributed by atoms with Gasteiger partial charge in [0.1, 0.15) is 17.6 Å². The van der Waals surface area contributed by atoms with Crippen molar-refractivity contribution in [3.8, 4) is 5.75 Å². The Balaban J connectivity index is 1.32. The minimum absolute atomic E-state index is 0.0419. The molecular weight excluding hydrogens is 437 g/mol. The maximum absolute atomic E-state index is 12.5. The Hall–Kier alpha value is -2.98. The first-order valence-electron chi connectivity index (χ1n) is 11.0. The van der Waals surface area contributed by atoms with Crippen molar-refractivity contribution in [2.75, 3.05) is 23.9 Å². The summed E-state index contributed by atoms with van der Waals surface area (Å²) in [6, 6.07) is -0.279. The summed E-state index contributed by atoms with van der Waals surface area (Å²) >= 11 is 0. The maximum Gasteiger partial charge on any atom is 0.451 e. The number of alkyl halides is 3. The van der Waals surface area contributed by atoms with E-state index in [0.29, 0.717) is 24.1 Å². The highest BCUT2D eigenvalue weighted by Crippen LogP contribution is 2.38. The molecule has 2 aliphatic rings. The fourth-order valence-electron chi connectivity index (χ4n) is 4.55. The van der Waals surface area contributed by atoms with Crippen LogP contribution in [0.15, 0.2) is 12.4 Å². The molecule has 2 aromatic rings. The zero-order valence-corrected chi connectivity index (χ0v) is 19.0. The lowest BCUT2D eigenvalue weighted by atomic mass is 9.73. The van der Waals surface area contributed by atoms with Crippen molar-refractivity contribution in [1.82, 2.24) is 19.9 Å². The molecule has 0 aromatic carbocycles. The monoisotopic (exact) mass is 464 g/mol. The summed E-state index contributed by atoms with van der Waals surface area (Å²) in [5, 5.41) is 2.95. The molecule has 0 saturated heterocycles. The first-order valence-corrected chi connectivity index (χ1v) is 11.0. The number of amides is 1. The van der Waals surface area contributed by atoms with Gasteiger partial charge in [-0.3, -0.25) is 4.79 Å². The summed E-state index contributed by atoms with van der Waals surface area (Å²) < 4.78 is 43.2. The van der Waals surface area contributed by atoms with E-state index in [1.165, 1.54) is 0 Å². The van der Waals surface area contributed by atoms with Gasteiger partial charge in [-0.2, -0.15) is 13.2 Å². The molecule has 1 aliphatic heterocycles. The first kappa shape index (κ1) is 23.2. The van der Waals surface area contributed by atoms with Gasteiger partial charge < -0.3 is 15.0 Å². The fourth-order valence-corrected chi connectivity index (χ4v) is 4.55. The summed E-state index contributed by atoms with van der Waals surface area (Å²) in [6.45, 7) is 6.29. The quantitative estimate of drug-likeness (QED) is 0.698. The molecule has 11 heteroatoms. The smallest absolute Gasteiger partial charge is 0.451 e. The predicted molar refractivity (Wildman–Crippen MR) is 115 cm³/mol. The molecule has 178 valence electrons. The van der Waals surface area contributed by atoms with Gasteiger partial charge in [0.25, 0.3) is 0 Å². The Bertz CT molecular complexity index is 1020. The number of nitrogens with one attached hydrogen (secondary N) is 1. The van der Waals surface area contributed by atoms with Gasteiger partial charge in [0.15, 0.2) is 11.6 Å². The van der Waals surface area contributed by atoms with E-state index < -0.39 is 12.0 Å². The molecule has 3 heterocycles. The predicted octanol–water partition coefficient (Wildman–Crippen LogP) is 3.65. The molecule has 0 radical (unpaired) electrons. The van der Waals surface area contributed by atoms with Crippen LogP contribution >= 0.6 is 0 Å². The van der Waals surface area contributed by atoms with E-state index in [1.54, 1.807) is 0 Å². The van der Waals surface area contributed by atoms with Crippen molar-refractivity contribution >= 4 is 17.4 Å². The largest absolute Gasteiger partial charge is 0.490 e. The van der Waals surface area contributed by atoms with Crippen LogP contribution in [-0.2, 0) is 17.4 Å². The molecule has 2 aromatic heterocycles. The number of carbonyl (C=O) groups is 1. The van der Waals surface area contributed by atoms with Gasteiger partial charge in [-0.05, 0) is 37.5 Å². The molecule has 1 aliphatic carbocycles. The number of halogens is 3. The average Bonchev–Trinajstić information content (AvgIpc) is 2.70. The highest BCUT2D eigenvalue weighted by molar-refractivity contribution is 6.03. The Labute approximate surface area is 190 Å². The number of aryl methyl sites for hydroxylation is 1. The molecule has 0 unspecified atom stereocenters. The molecule has 1 fully saturated rings. The van der Waals surface area contributed by atoms with Gasteiger partial charge in [0, 0.05) is 13.5 Å². The molecule has 0 bridgehead atoms. The van der Waals surface area contributed by atoms with Crippen molar-refractivity contribution in [3.63, 3.8) is 0 Å². The Morgan fingerprint density at radius 1 is 1.18 bits per heavy atom. The van der Waals surface area contributed by atoms with Crippen molar-refractivity contribution in [2.24, 2.45) is 17.8 Å². The number of likely N-dealkylation sites (N-methyl/N-ethyl adjacent to an activating group) is 1. The van der Waals surface area contributed by atoms with E-state index in [-0.39, 0.29) is 23.6 Å².